The van der Waals surface area contributed by atoms with Crippen LogP contribution in [0.25, 0.3) is 0 Å². The minimum Gasteiger partial charge on any atom is -0.496 e. The van der Waals surface area contributed by atoms with Crippen LogP contribution in [-0.2, 0) is 16.6 Å². The summed E-state index contributed by atoms with van der Waals surface area (Å²) in [6, 6.07) is 14.9. The number of aromatic amines is 1. The second-order valence-electron chi connectivity index (χ2n) is 6.11. The Morgan fingerprint density at radius 1 is 1.04 bits per heavy atom. The first-order valence-electron chi connectivity index (χ1n) is 8.41. The first kappa shape index (κ1) is 18.8. The lowest BCUT2D eigenvalue weighted by atomic mass is 10.2. The van der Waals surface area contributed by atoms with E-state index in [0.29, 0.717) is 23.6 Å². The summed E-state index contributed by atoms with van der Waals surface area (Å²) >= 11 is 0. The number of hydrogen-bond acceptors (Lipinski definition) is 5. The van der Waals surface area contributed by atoms with Crippen LogP contribution >= 0.6 is 0 Å². The van der Waals surface area contributed by atoms with E-state index < -0.39 is 10.0 Å². The quantitative estimate of drug-likeness (QED) is 0.578. The maximum atomic E-state index is 12.6. The molecular formula is C19H22N4O3S. The van der Waals surface area contributed by atoms with Gasteiger partial charge in [-0.25, -0.2) is 8.42 Å². The van der Waals surface area contributed by atoms with Gasteiger partial charge in [0.1, 0.15) is 10.6 Å². The highest BCUT2D eigenvalue weighted by Gasteiger charge is 2.22. The van der Waals surface area contributed by atoms with E-state index in [9.17, 15) is 8.42 Å². The first-order valence-corrected chi connectivity index (χ1v) is 9.89. The first-order chi connectivity index (χ1) is 12.9. The van der Waals surface area contributed by atoms with Crippen LogP contribution in [0.1, 0.15) is 17.0 Å². The summed E-state index contributed by atoms with van der Waals surface area (Å²) in [5, 5.41) is 9.93. The molecule has 0 fully saturated rings. The van der Waals surface area contributed by atoms with Gasteiger partial charge < -0.3 is 10.1 Å². The molecule has 8 heteroatoms. The number of aromatic nitrogens is 2. The van der Waals surface area contributed by atoms with Gasteiger partial charge in [0.2, 0.25) is 0 Å². The van der Waals surface area contributed by atoms with Gasteiger partial charge in [0, 0.05) is 23.5 Å². The summed E-state index contributed by atoms with van der Waals surface area (Å²) in [6.07, 6.45) is 0. The summed E-state index contributed by atoms with van der Waals surface area (Å²) in [5.74, 6) is 0.820. The van der Waals surface area contributed by atoms with Crippen LogP contribution in [0.4, 0.5) is 11.4 Å². The van der Waals surface area contributed by atoms with Crippen molar-refractivity contribution >= 4 is 21.4 Å². The third-order valence-electron chi connectivity index (χ3n) is 4.14. The monoisotopic (exact) mass is 386 g/mol. The van der Waals surface area contributed by atoms with Crippen LogP contribution in [0.15, 0.2) is 53.4 Å². The average molecular weight is 386 g/mol. The highest BCUT2D eigenvalue weighted by atomic mass is 32.2. The molecule has 1 aromatic heterocycles. The molecule has 0 saturated heterocycles. The van der Waals surface area contributed by atoms with Crippen LogP contribution in [0.3, 0.4) is 0 Å². The van der Waals surface area contributed by atoms with E-state index in [1.807, 2.05) is 36.4 Å². The van der Waals surface area contributed by atoms with Crippen molar-refractivity contribution < 1.29 is 13.2 Å². The van der Waals surface area contributed by atoms with E-state index in [2.05, 4.69) is 20.2 Å². The fraction of sp³-hybridized carbons (Fsp3) is 0.211. The molecule has 3 rings (SSSR count). The van der Waals surface area contributed by atoms with Gasteiger partial charge in [0.15, 0.2) is 0 Å². The number of para-hydroxylation sites is 1. The molecule has 2 aromatic carbocycles. The van der Waals surface area contributed by atoms with Gasteiger partial charge in [0.05, 0.1) is 18.5 Å². The standard InChI is InChI=1S/C19H22N4O3S/c1-13-19(14(2)22-21-13)27(24,25)23-17-10-8-16(9-11-17)20-12-15-6-4-5-7-18(15)26-3/h4-11,20,23H,12H2,1-3H3,(H,21,22). The Labute approximate surface area is 158 Å². The van der Waals surface area contributed by atoms with Crippen molar-refractivity contribution in [3.63, 3.8) is 0 Å². The fourth-order valence-corrected chi connectivity index (χ4v) is 4.28. The van der Waals surface area contributed by atoms with Crippen molar-refractivity contribution in [2.24, 2.45) is 0 Å². The van der Waals surface area contributed by atoms with E-state index >= 15 is 0 Å². The summed E-state index contributed by atoms with van der Waals surface area (Å²) < 4.78 is 33.1. The van der Waals surface area contributed by atoms with E-state index in [1.54, 1.807) is 33.1 Å². The van der Waals surface area contributed by atoms with Gasteiger partial charge in [0.25, 0.3) is 10.0 Å². The Bertz CT molecular complexity index is 1010. The Kier molecular flexibility index (Phi) is 5.36. The number of nitrogens with one attached hydrogen (secondary N) is 3. The number of ether oxygens (including phenoxy) is 1. The molecule has 0 aliphatic rings. The topological polar surface area (TPSA) is 96.1 Å². The third kappa shape index (κ3) is 4.22. The Morgan fingerprint density at radius 2 is 1.70 bits per heavy atom. The number of methoxy groups -OCH3 is 1. The molecule has 0 saturated carbocycles. The van der Waals surface area contributed by atoms with E-state index in [1.165, 1.54) is 0 Å². The summed E-state index contributed by atoms with van der Waals surface area (Å²) in [6.45, 7) is 3.94. The van der Waals surface area contributed by atoms with E-state index in [4.69, 9.17) is 4.74 Å². The maximum Gasteiger partial charge on any atom is 0.265 e. The molecule has 0 aliphatic carbocycles. The molecule has 0 amide bonds. The summed E-state index contributed by atoms with van der Waals surface area (Å²) in [5.41, 5.74) is 3.35. The molecule has 0 aliphatic heterocycles. The maximum absolute atomic E-state index is 12.6. The lowest BCUT2D eigenvalue weighted by molar-refractivity contribution is 0.410. The number of benzene rings is 2. The average Bonchev–Trinajstić information content (AvgIpc) is 3.00. The predicted octanol–water partition coefficient (Wildman–Crippen LogP) is 3.45. The van der Waals surface area contributed by atoms with Crippen LogP contribution in [0.5, 0.6) is 5.75 Å². The molecule has 27 heavy (non-hydrogen) atoms. The normalized spacial score (nSPS) is 11.2. The zero-order valence-electron chi connectivity index (χ0n) is 15.4. The number of H-pyrrole nitrogens is 1. The molecule has 3 aromatic rings. The van der Waals surface area contributed by atoms with Crippen LogP contribution in [0.2, 0.25) is 0 Å². The Balaban J connectivity index is 1.69. The van der Waals surface area contributed by atoms with Crippen LogP contribution in [0, 0.1) is 13.8 Å². The molecule has 0 bridgehead atoms. The molecule has 3 N–H and O–H groups in total. The van der Waals surface area contributed by atoms with E-state index in [0.717, 1.165) is 17.0 Å². The third-order valence-corrected chi connectivity index (χ3v) is 5.79. The van der Waals surface area contributed by atoms with Crippen molar-refractivity contribution in [3.05, 3.63) is 65.5 Å². The predicted molar refractivity (Wildman–Crippen MR) is 106 cm³/mol. The number of nitrogens with zero attached hydrogens (tertiary/aromatic N) is 1. The largest absolute Gasteiger partial charge is 0.496 e. The molecule has 1 heterocycles. The molecule has 0 spiro atoms. The minimum absolute atomic E-state index is 0.181. The molecule has 0 atom stereocenters. The molecular weight excluding hydrogens is 364 g/mol. The lowest BCUT2D eigenvalue weighted by Gasteiger charge is -2.12. The molecule has 0 unspecified atom stereocenters. The van der Waals surface area contributed by atoms with Crippen LogP contribution < -0.4 is 14.8 Å². The summed E-state index contributed by atoms with van der Waals surface area (Å²) in [7, 11) is -2.05. The summed E-state index contributed by atoms with van der Waals surface area (Å²) in [4.78, 5) is 0.181. The number of anilines is 2. The minimum atomic E-state index is -3.69. The number of hydrogen-bond donors (Lipinski definition) is 3. The molecule has 0 radical (unpaired) electrons. The Hall–Kier alpha value is -3.00. The molecule has 142 valence electrons. The van der Waals surface area contributed by atoms with Crippen LogP contribution in [-0.4, -0.2) is 25.7 Å². The highest BCUT2D eigenvalue weighted by Crippen LogP contribution is 2.23. The van der Waals surface area contributed by atoms with Gasteiger partial charge in [-0.2, -0.15) is 5.10 Å². The number of sulfonamides is 1. The van der Waals surface area contributed by atoms with Crippen molar-refractivity contribution in [1.29, 1.82) is 0 Å². The van der Waals surface area contributed by atoms with E-state index in [-0.39, 0.29) is 4.90 Å². The second-order valence-corrected chi connectivity index (χ2v) is 7.73. The fourth-order valence-electron chi connectivity index (χ4n) is 2.85. The molecule has 7 nitrogen and oxygen atoms in total. The second kappa shape index (κ2) is 7.71. The Morgan fingerprint density at radius 3 is 2.33 bits per heavy atom. The van der Waals surface area contributed by atoms with Gasteiger partial charge >= 0.3 is 0 Å². The van der Waals surface area contributed by atoms with Gasteiger partial charge in [-0.15, -0.1) is 0 Å². The van der Waals surface area contributed by atoms with Crippen molar-refractivity contribution in [2.75, 3.05) is 17.1 Å². The van der Waals surface area contributed by atoms with Gasteiger partial charge in [-0.1, -0.05) is 18.2 Å². The zero-order valence-corrected chi connectivity index (χ0v) is 16.2. The van der Waals surface area contributed by atoms with Gasteiger partial charge in [-0.3, -0.25) is 9.82 Å². The number of aryl methyl sites for hydroxylation is 2. The highest BCUT2D eigenvalue weighted by molar-refractivity contribution is 7.92. The smallest absolute Gasteiger partial charge is 0.265 e. The van der Waals surface area contributed by atoms with Crippen molar-refractivity contribution in [3.8, 4) is 5.75 Å². The lowest BCUT2D eigenvalue weighted by Crippen LogP contribution is -2.14. The van der Waals surface area contributed by atoms with Crippen molar-refractivity contribution in [2.45, 2.75) is 25.3 Å². The zero-order chi connectivity index (χ0) is 19.4. The van der Waals surface area contributed by atoms with Gasteiger partial charge in [-0.05, 0) is 44.2 Å². The SMILES string of the molecule is COc1ccccc1CNc1ccc(NS(=O)(=O)c2c(C)n[nH]c2C)cc1. The van der Waals surface area contributed by atoms with Crippen molar-refractivity contribution in [1.82, 2.24) is 10.2 Å². The number of rotatable bonds is 7.